The van der Waals surface area contributed by atoms with Gasteiger partial charge in [0.25, 0.3) is 11.8 Å². The Labute approximate surface area is 188 Å². The van der Waals surface area contributed by atoms with Crippen molar-refractivity contribution in [3.8, 4) is 0 Å². The van der Waals surface area contributed by atoms with Crippen LogP contribution in [0.2, 0.25) is 0 Å². The number of hydrogen-bond donors (Lipinski definition) is 1. The Kier molecular flexibility index (Phi) is 6.67. The Morgan fingerprint density at radius 1 is 1.23 bits per heavy atom. The largest absolute Gasteiger partial charge is 0.339 e. The summed E-state index contributed by atoms with van der Waals surface area (Å²) in [5.41, 5.74) is -0.0784. The third-order valence-corrected chi connectivity index (χ3v) is 8.13. The van der Waals surface area contributed by atoms with Crippen LogP contribution in [0.3, 0.4) is 0 Å². The maximum Gasteiger partial charge on any atom is 0.325 e. The lowest BCUT2D eigenvalue weighted by atomic mass is 9.74. The van der Waals surface area contributed by atoms with Gasteiger partial charge >= 0.3 is 6.03 Å². The minimum absolute atomic E-state index is 0.0531. The number of carbonyl (C=O) groups is 3. The molecule has 4 amide bonds. The van der Waals surface area contributed by atoms with Crippen molar-refractivity contribution < 1.29 is 14.4 Å². The second-order valence-corrected chi connectivity index (χ2v) is 10.0. The molecule has 1 aromatic rings. The maximum atomic E-state index is 13.6. The van der Waals surface area contributed by atoms with Gasteiger partial charge in [0.05, 0.1) is 5.56 Å². The molecule has 1 N–H and O–H groups in total. The van der Waals surface area contributed by atoms with Crippen LogP contribution in [0.5, 0.6) is 0 Å². The number of rotatable bonds is 7. The Morgan fingerprint density at radius 2 is 2.00 bits per heavy atom. The smallest absolute Gasteiger partial charge is 0.325 e. The summed E-state index contributed by atoms with van der Waals surface area (Å²) in [4.78, 5) is 44.8. The van der Waals surface area contributed by atoms with Crippen LogP contribution in [0.15, 0.2) is 16.8 Å². The van der Waals surface area contributed by atoms with E-state index in [0.29, 0.717) is 32.1 Å². The highest BCUT2D eigenvalue weighted by atomic mass is 32.1. The van der Waals surface area contributed by atoms with E-state index < -0.39 is 5.54 Å². The zero-order valence-corrected chi connectivity index (χ0v) is 19.5. The van der Waals surface area contributed by atoms with Gasteiger partial charge in [-0.3, -0.25) is 14.5 Å². The van der Waals surface area contributed by atoms with Gasteiger partial charge in [0.15, 0.2) is 0 Å². The molecule has 4 rings (SSSR count). The van der Waals surface area contributed by atoms with Gasteiger partial charge in [-0.25, -0.2) is 4.79 Å². The third kappa shape index (κ3) is 4.24. The molecule has 31 heavy (non-hydrogen) atoms. The highest BCUT2D eigenvalue weighted by Crippen LogP contribution is 2.37. The van der Waals surface area contributed by atoms with E-state index in [4.69, 9.17) is 0 Å². The van der Waals surface area contributed by atoms with Crippen molar-refractivity contribution >= 4 is 29.2 Å². The van der Waals surface area contributed by atoms with E-state index in [2.05, 4.69) is 24.2 Å². The van der Waals surface area contributed by atoms with Gasteiger partial charge < -0.3 is 15.1 Å². The quantitative estimate of drug-likeness (QED) is 0.653. The number of nitrogens with one attached hydrogen (secondary N) is 1. The van der Waals surface area contributed by atoms with Crippen LogP contribution in [0, 0.1) is 5.92 Å². The molecule has 1 aromatic heterocycles. The maximum absolute atomic E-state index is 13.6. The highest BCUT2D eigenvalue weighted by molar-refractivity contribution is 7.08. The second kappa shape index (κ2) is 9.28. The van der Waals surface area contributed by atoms with Gasteiger partial charge in [-0.1, -0.05) is 13.3 Å². The summed E-state index contributed by atoms with van der Waals surface area (Å²) in [6, 6.07) is 2.07. The normalized spacial score (nSPS) is 27.9. The molecular weight excluding hydrogens is 412 g/mol. The lowest BCUT2D eigenvalue weighted by molar-refractivity contribution is -0.134. The first-order chi connectivity index (χ1) is 15.0. The van der Waals surface area contributed by atoms with Crippen molar-refractivity contribution in [2.75, 3.05) is 33.2 Å². The van der Waals surface area contributed by atoms with Crippen molar-refractivity contribution in [3.63, 3.8) is 0 Å². The van der Waals surface area contributed by atoms with E-state index in [1.54, 1.807) is 0 Å². The van der Waals surface area contributed by atoms with Crippen LogP contribution in [0.25, 0.3) is 0 Å². The van der Waals surface area contributed by atoms with Crippen LogP contribution in [-0.4, -0.2) is 77.4 Å². The van der Waals surface area contributed by atoms with Crippen molar-refractivity contribution in [1.82, 2.24) is 20.0 Å². The van der Waals surface area contributed by atoms with E-state index in [1.807, 2.05) is 21.7 Å². The van der Waals surface area contributed by atoms with E-state index in [1.165, 1.54) is 22.7 Å². The average Bonchev–Trinajstić information content (AvgIpc) is 3.49. The van der Waals surface area contributed by atoms with Crippen molar-refractivity contribution in [2.45, 2.75) is 63.5 Å². The number of urea groups is 1. The van der Waals surface area contributed by atoms with Crippen molar-refractivity contribution in [1.29, 1.82) is 0 Å². The lowest BCUT2D eigenvalue weighted by Crippen LogP contribution is -2.56. The fraction of sp³-hybridized carbons (Fsp3) is 0.696. The standard InChI is InChI=1S/C23H34N4O3S/c1-3-10-23(18-6-12-26(13-7-18)20(28)17-9-15-31-16-17)21(29)27(22(30)24-23)14-8-19-5-4-11-25(19)2/h9,15-16,18-19H,3-8,10-14H2,1-2H3,(H,24,30)/t19-,23-/m1/s1. The Balaban J connectivity index is 1.42. The van der Waals surface area contributed by atoms with Gasteiger partial charge in [0.2, 0.25) is 0 Å². The molecule has 3 saturated heterocycles. The molecule has 4 heterocycles. The molecule has 0 aromatic carbocycles. The summed E-state index contributed by atoms with van der Waals surface area (Å²) in [6.07, 6.45) is 6.12. The first kappa shape index (κ1) is 22.3. The third-order valence-electron chi connectivity index (χ3n) is 7.45. The lowest BCUT2D eigenvalue weighted by Gasteiger charge is -2.41. The van der Waals surface area contributed by atoms with E-state index in [0.717, 1.165) is 44.2 Å². The molecular formula is C23H34N4O3S. The van der Waals surface area contributed by atoms with Crippen LogP contribution >= 0.6 is 11.3 Å². The van der Waals surface area contributed by atoms with Crippen LogP contribution < -0.4 is 5.32 Å². The number of imide groups is 1. The average molecular weight is 447 g/mol. The summed E-state index contributed by atoms with van der Waals surface area (Å²) in [6.45, 7) is 4.89. The monoisotopic (exact) mass is 446 g/mol. The Bertz CT molecular complexity index is 806. The molecule has 3 aliphatic heterocycles. The molecule has 0 aliphatic carbocycles. The molecule has 3 fully saturated rings. The minimum atomic E-state index is -0.815. The predicted octanol–water partition coefficient (Wildman–Crippen LogP) is 3.18. The van der Waals surface area contributed by atoms with Gasteiger partial charge in [0, 0.05) is 31.1 Å². The summed E-state index contributed by atoms with van der Waals surface area (Å²) >= 11 is 1.53. The fourth-order valence-corrected chi connectivity index (χ4v) is 6.29. The summed E-state index contributed by atoms with van der Waals surface area (Å²) in [7, 11) is 2.12. The van der Waals surface area contributed by atoms with Gasteiger partial charge in [-0.15, -0.1) is 0 Å². The van der Waals surface area contributed by atoms with E-state index in [9.17, 15) is 14.4 Å². The number of nitrogens with zero attached hydrogens (tertiary/aromatic N) is 3. The number of piperidine rings is 1. The molecule has 0 unspecified atom stereocenters. The van der Waals surface area contributed by atoms with Crippen LogP contribution in [-0.2, 0) is 4.79 Å². The van der Waals surface area contributed by atoms with Gasteiger partial charge in [-0.2, -0.15) is 11.3 Å². The zero-order valence-electron chi connectivity index (χ0n) is 18.6. The number of thiophene rings is 1. The zero-order chi connectivity index (χ0) is 22.0. The first-order valence-electron chi connectivity index (χ1n) is 11.6. The summed E-state index contributed by atoms with van der Waals surface area (Å²) in [5, 5.41) is 6.92. The number of hydrogen-bond acceptors (Lipinski definition) is 5. The Hall–Kier alpha value is -1.93. The molecule has 170 valence electrons. The van der Waals surface area contributed by atoms with Crippen LogP contribution in [0.1, 0.15) is 62.2 Å². The molecule has 7 nitrogen and oxygen atoms in total. The Morgan fingerprint density at radius 3 is 2.61 bits per heavy atom. The molecule has 8 heteroatoms. The number of likely N-dealkylation sites (tertiary alicyclic amines) is 2. The molecule has 0 bridgehead atoms. The molecule has 2 atom stereocenters. The van der Waals surface area contributed by atoms with Gasteiger partial charge in [0.1, 0.15) is 5.54 Å². The molecule has 0 spiro atoms. The number of carbonyl (C=O) groups excluding carboxylic acids is 3. The van der Waals surface area contributed by atoms with Crippen LogP contribution in [0.4, 0.5) is 4.79 Å². The van der Waals surface area contributed by atoms with E-state index >= 15 is 0 Å². The summed E-state index contributed by atoms with van der Waals surface area (Å²) < 4.78 is 0. The minimum Gasteiger partial charge on any atom is -0.339 e. The molecule has 3 aliphatic rings. The van der Waals surface area contributed by atoms with Crippen molar-refractivity contribution in [3.05, 3.63) is 22.4 Å². The predicted molar refractivity (Wildman–Crippen MR) is 121 cm³/mol. The number of amides is 4. The molecule has 0 saturated carbocycles. The highest BCUT2D eigenvalue weighted by Gasteiger charge is 2.55. The first-order valence-corrected chi connectivity index (χ1v) is 12.6. The van der Waals surface area contributed by atoms with E-state index in [-0.39, 0.29) is 23.8 Å². The fourth-order valence-electron chi connectivity index (χ4n) is 5.66. The SMILES string of the molecule is CCC[C@]1(C2CCN(C(=O)c3ccsc3)CC2)NC(=O)N(CC[C@H]2CCCN2C)C1=O. The second-order valence-electron chi connectivity index (χ2n) is 9.25. The summed E-state index contributed by atoms with van der Waals surface area (Å²) in [5.74, 6) is 0.0746. The molecule has 0 radical (unpaired) electrons. The topological polar surface area (TPSA) is 73.0 Å². The van der Waals surface area contributed by atoms with Gasteiger partial charge in [-0.05, 0) is 69.5 Å². The van der Waals surface area contributed by atoms with Crippen molar-refractivity contribution in [2.24, 2.45) is 5.92 Å².